The van der Waals surface area contributed by atoms with E-state index < -0.39 is 0 Å². The van der Waals surface area contributed by atoms with Gasteiger partial charge in [0.15, 0.2) is 0 Å². The second-order valence-electron chi connectivity index (χ2n) is 6.67. The summed E-state index contributed by atoms with van der Waals surface area (Å²) in [5.74, 6) is 0.126. The van der Waals surface area contributed by atoms with Gasteiger partial charge in [0, 0.05) is 10.3 Å². The van der Waals surface area contributed by atoms with Crippen LogP contribution in [0.1, 0.15) is 32.8 Å². The molecule has 0 aromatic heterocycles. The minimum Gasteiger partial charge on any atom is -0.494 e. The minimum absolute atomic E-state index is 0.166. The molecule has 1 aliphatic heterocycles. The molecule has 1 aliphatic rings. The normalized spacial score (nSPS) is 14.4. The molecule has 1 heterocycles. The van der Waals surface area contributed by atoms with Crippen LogP contribution in [0.2, 0.25) is 5.02 Å². The van der Waals surface area contributed by atoms with E-state index in [1.807, 2.05) is 45.0 Å². The highest BCUT2D eigenvalue weighted by molar-refractivity contribution is 8.04. The number of benzene rings is 2. The zero-order valence-corrected chi connectivity index (χ0v) is 17.6. The first-order chi connectivity index (χ1) is 13.4. The van der Waals surface area contributed by atoms with Crippen LogP contribution in [-0.4, -0.2) is 23.7 Å². The molecule has 0 saturated carbocycles. The third kappa shape index (κ3) is 4.26. The lowest BCUT2D eigenvalue weighted by molar-refractivity contribution is -0.119. The zero-order chi connectivity index (χ0) is 20.3. The van der Waals surface area contributed by atoms with Gasteiger partial charge >= 0.3 is 0 Å². The number of rotatable bonds is 7. The summed E-state index contributed by atoms with van der Waals surface area (Å²) in [6.07, 6.45) is 0.922. The highest BCUT2D eigenvalue weighted by Crippen LogP contribution is 2.40. The van der Waals surface area contributed by atoms with Gasteiger partial charge in [-0.15, -0.1) is 11.8 Å². The highest BCUT2D eigenvalue weighted by Gasteiger charge is 2.40. The first-order valence-electron chi connectivity index (χ1n) is 9.21. The summed E-state index contributed by atoms with van der Waals surface area (Å²) in [5.41, 5.74) is 1.65. The first kappa shape index (κ1) is 20.5. The number of anilines is 1. The van der Waals surface area contributed by atoms with Gasteiger partial charge in [0.05, 0.1) is 22.8 Å². The molecular weight excluding hydrogens is 394 g/mol. The van der Waals surface area contributed by atoms with Gasteiger partial charge in [-0.3, -0.25) is 9.59 Å². The zero-order valence-electron chi connectivity index (χ0n) is 16.1. The molecule has 6 heteroatoms. The molecule has 0 atom stereocenters. The maximum Gasteiger partial charge on any atom is 0.272 e. The van der Waals surface area contributed by atoms with E-state index in [1.165, 1.54) is 16.7 Å². The molecular formula is C22H22ClNO3S. The Labute approximate surface area is 174 Å². The Bertz CT molecular complexity index is 904. The van der Waals surface area contributed by atoms with Crippen molar-refractivity contribution in [2.45, 2.75) is 32.4 Å². The lowest BCUT2D eigenvalue weighted by Gasteiger charge is -2.15. The molecule has 0 spiro atoms. The van der Waals surface area contributed by atoms with E-state index in [0.29, 0.717) is 33.4 Å². The van der Waals surface area contributed by atoms with Crippen LogP contribution in [0.15, 0.2) is 53.4 Å². The van der Waals surface area contributed by atoms with E-state index >= 15 is 0 Å². The number of nitrogens with zero attached hydrogens (tertiary/aromatic N) is 1. The summed E-state index contributed by atoms with van der Waals surface area (Å²) >= 11 is 7.36. The Morgan fingerprint density at radius 3 is 2.21 bits per heavy atom. The van der Waals surface area contributed by atoms with Crippen molar-refractivity contribution >= 4 is 46.4 Å². The molecule has 2 aromatic rings. The number of thioether (sulfide) groups is 1. The van der Waals surface area contributed by atoms with Crippen molar-refractivity contribution < 1.29 is 14.3 Å². The predicted octanol–water partition coefficient (Wildman–Crippen LogP) is 5.55. The van der Waals surface area contributed by atoms with Crippen LogP contribution >= 0.6 is 23.4 Å². The molecule has 2 amide bonds. The topological polar surface area (TPSA) is 46.6 Å². The fraction of sp³-hybridized carbons (Fsp3) is 0.273. The number of amides is 2. The van der Waals surface area contributed by atoms with E-state index in [2.05, 4.69) is 0 Å². The minimum atomic E-state index is -0.322. The average molecular weight is 416 g/mol. The van der Waals surface area contributed by atoms with Crippen molar-refractivity contribution in [3.63, 3.8) is 0 Å². The van der Waals surface area contributed by atoms with Crippen LogP contribution in [0.25, 0.3) is 5.57 Å². The van der Waals surface area contributed by atoms with E-state index in [0.717, 1.165) is 12.2 Å². The molecule has 0 bridgehead atoms. The maximum absolute atomic E-state index is 13.2. The second kappa shape index (κ2) is 8.84. The number of hydrogen-bond donors (Lipinski definition) is 0. The van der Waals surface area contributed by atoms with Crippen LogP contribution in [0.5, 0.6) is 5.75 Å². The molecule has 2 aromatic carbocycles. The van der Waals surface area contributed by atoms with Crippen molar-refractivity contribution in [2.75, 3.05) is 11.5 Å². The summed E-state index contributed by atoms with van der Waals surface area (Å²) in [7, 11) is 0. The Balaban J connectivity index is 1.99. The van der Waals surface area contributed by atoms with Crippen LogP contribution in [-0.2, 0) is 9.59 Å². The molecule has 28 heavy (non-hydrogen) atoms. The number of ether oxygens (including phenoxy) is 1. The Morgan fingerprint density at radius 2 is 1.64 bits per heavy atom. The molecule has 0 fully saturated rings. The number of carbonyl (C=O) groups excluding carboxylic acids is 2. The van der Waals surface area contributed by atoms with Gasteiger partial charge in [-0.2, -0.15) is 0 Å². The van der Waals surface area contributed by atoms with Crippen LogP contribution < -0.4 is 9.64 Å². The predicted molar refractivity (Wildman–Crippen MR) is 116 cm³/mol. The Morgan fingerprint density at radius 1 is 1.00 bits per heavy atom. The van der Waals surface area contributed by atoms with Crippen molar-refractivity contribution in [3.8, 4) is 5.75 Å². The van der Waals surface area contributed by atoms with E-state index in [4.69, 9.17) is 16.3 Å². The summed E-state index contributed by atoms with van der Waals surface area (Å²) in [6.45, 7) is 6.68. The van der Waals surface area contributed by atoms with Crippen LogP contribution in [0, 0.1) is 0 Å². The first-order valence-corrected chi connectivity index (χ1v) is 10.5. The standard InChI is InChI=1S/C22H22ClNO3S/c1-4-13-27-18-11-5-15(6-12-18)19-20(28-14(2)3)22(26)24(21(19)25)17-9-7-16(23)8-10-17/h5-12,14H,4,13H2,1-3H3. The quantitative estimate of drug-likeness (QED) is 0.556. The number of hydrogen-bond acceptors (Lipinski definition) is 4. The van der Waals surface area contributed by atoms with Gasteiger partial charge < -0.3 is 4.74 Å². The van der Waals surface area contributed by atoms with Gasteiger partial charge in [-0.05, 0) is 48.4 Å². The summed E-state index contributed by atoms with van der Waals surface area (Å²) in [5, 5.41) is 0.717. The lowest BCUT2D eigenvalue weighted by Crippen LogP contribution is -2.31. The van der Waals surface area contributed by atoms with E-state index in [9.17, 15) is 9.59 Å². The van der Waals surface area contributed by atoms with Gasteiger partial charge in [0.2, 0.25) is 0 Å². The van der Waals surface area contributed by atoms with Gasteiger partial charge in [0.1, 0.15) is 5.75 Å². The maximum atomic E-state index is 13.2. The van der Waals surface area contributed by atoms with Gasteiger partial charge in [0.25, 0.3) is 11.8 Å². The molecule has 0 aliphatic carbocycles. The van der Waals surface area contributed by atoms with Crippen LogP contribution in [0.3, 0.4) is 0 Å². The molecule has 3 rings (SSSR count). The summed E-state index contributed by atoms with van der Waals surface area (Å²) < 4.78 is 5.62. The largest absolute Gasteiger partial charge is 0.494 e. The van der Waals surface area contributed by atoms with E-state index in [1.54, 1.807) is 24.3 Å². The highest BCUT2D eigenvalue weighted by atomic mass is 35.5. The number of halogens is 1. The Hall–Kier alpha value is -2.24. The number of carbonyl (C=O) groups is 2. The molecule has 4 nitrogen and oxygen atoms in total. The second-order valence-corrected chi connectivity index (χ2v) is 8.69. The fourth-order valence-corrected chi connectivity index (χ4v) is 3.98. The van der Waals surface area contributed by atoms with Crippen molar-refractivity contribution in [1.82, 2.24) is 0 Å². The Kier molecular flexibility index (Phi) is 6.47. The SMILES string of the molecule is CCCOc1ccc(C2=C(SC(C)C)C(=O)N(c3ccc(Cl)cc3)C2=O)cc1. The molecule has 146 valence electrons. The summed E-state index contributed by atoms with van der Waals surface area (Å²) in [6, 6.07) is 14.0. The molecule has 0 N–H and O–H groups in total. The van der Waals surface area contributed by atoms with Crippen molar-refractivity contribution in [1.29, 1.82) is 0 Å². The van der Waals surface area contributed by atoms with Crippen molar-refractivity contribution in [2.24, 2.45) is 0 Å². The lowest BCUT2D eigenvalue weighted by atomic mass is 10.1. The average Bonchev–Trinajstić information content (AvgIpc) is 2.91. The smallest absolute Gasteiger partial charge is 0.272 e. The fourth-order valence-electron chi connectivity index (χ4n) is 2.87. The monoisotopic (exact) mass is 415 g/mol. The van der Waals surface area contributed by atoms with Gasteiger partial charge in [-0.25, -0.2) is 4.90 Å². The van der Waals surface area contributed by atoms with Crippen molar-refractivity contribution in [3.05, 3.63) is 64.0 Å². The third-order valence-electron chi connectivity index (χ3n) is 4.10. The number of imide groups is 1. The molecule has 0 saturated heterocycles. The van der Waals surface area contributed by atoms with Gasteiger partial charge in [-0.1, -0.05) is 44.5 Å². The van der Waals surface area contributed by atoms with Crippen LogP contribution in [0.4, 0.5) is 5.69 Å². The molecule has 0 radical (unpaired) electrons. The summed E-state index contributed by atoms with van der Waals surface area (Å²) in [4.78, 5) is 28.0. The van der Waals surface area contributed by atoms with E-state index in [-0.39, 0.29) is 17.1 Å². The third-order valence-corrected chi connectivity index (χ3v) is 5.43. The molecule has 0 unspecified atom stereocenters.